The molecule has 0 aliphatic heterocycles. The van der Waals surface area contributed by atoms with Crippen LogP contribution in [0.1, 0.15) is 5.56 Å². The molecule has 2 aromatic carbocycles. The summed E-state index contributed by atoms with van der Waals surface area (Å²) in [5.74, 6) is -0.0460. The Morgan fingerprint density at radius 1 is 1.11 bits per heavy atom. The topological polar surface area (TPSA) is 70.7 Å². The summed E-state index contributed by atoms with van der Waals surface area (Å²) in [4.78, 5) is 25.8. The average molecular weight is 410 g/mol. The standard InChI is InChI=1S/C19H21Cl2N3O3/c1-12-8-16(17(27-3)9-14(12)21)22-10-19(26)24(2)11-18(25)23-15-7-5-4-6-13(15)20/h4-9,22H,10-11H2,1-3H3,(H,23,25). The zero-order chi connectivity index (χ0) is 20.0. The third-order valence-electron chi connectivity index (χ3n) is 3.87. The first kappa shape index (κ1) is 20.9. The normalized spacial score (nSPS) is 10.3. The third kappa shape index (κ3) is 5.77. The van der Waals surface area contributed by atoms with Crippen LogP contribution >= 0.6 is 23.2 Å². The highest BCUT2D eigenvalue weighted by molar-refractivity contribution is 6.33. The van der Waals surface area contributed by atoms with E-state index in [4.69, 9.17) is 27.9 Å². The number of halogens is 2. The van der Waals surface area contributed by atoms with E-state index in [1.165, 1.54) is 12.0 Å². The van der Waals surface area contributed by atoms with Gasteiger partial charge < -0.3 is 20.3 Å². The fourth-order valence-corrected chi connectivity index (χ4v) is 2.67. The summed E-state index contributed by atoms with van der Waals surface area (Å²) in [5.41, 5.74) is 2.02. The lowest BCUT2D eigenvalue weighted by atomic mass is 10.2. The van der Waals surface area contributed by atoms with Gasteiger partial charge in [-0.15, -0.1) is 0 Å². The van der Waals surface area contributed by atoms with Crippen molar-refractivity contribution in [2.45, 2.75) is 6.92 Å². The minimum atomic E-state index is -0.334. The molecule has 2 N–H and O–H groups in total. The van der Waals surface area contributed by atoms with Crippen molar-refractivity contribution >= 4 is 46.4 Å². The molecular weight excluding hydrogens is 389 g/mol. The summed E-state index contributed by atoms with van der Waals surface area (Å²) in [5, 5.41) is 6.72. The number of methoxy groups -OCH3 is 1. The quantitative estimate of drug-likeness (QED) is 0.728. The number of ether oxygens (including phenoxy) is 1. The first-order valence-corrected chi connectivity index (χ1v) is 8.93. The van der Waals surface area contributed by atoms with Gasteiger partial charge >= 0.3 is 0 Å². The lowest BCUT2D eigenvalue weighted by Gasteiger charge is -2.19. The Balaban J connectivity index is 1.91. The highest BCUT2D eigenvalue weighted by atomic mass is 35.5. The molecule has 144 valence electrons. The summed E-state index contributed by atoms with van der Waals surface area (Å²) in [6, 6.07) is 10.4. The van der Waals surface area contributed by atoms with E-state index in [1.807, 2.05) is 6.92 Å². The van der Waals surface area contributed by atoms with Gasteiger partial charge in [0.05, 0.1) is 36.6 Å². The van der Waals surface area contributed by atoms with Crippen molar-refractivity contribution < 1.29 is 14.3 Å². The zero-order valence-corrected chi connectivity index (χ0v) is 16.8. The van der Waals surface area contributed by atoms with Crippen LogP contribution in [-0.4, -0.2) is 44.0 Å². The number of hydrogen-bond acceptors (Lipinski definition) is 4. The number of rotatable bonds is 7. The van der Waals surface area contributed by atoms with Crippen molar-refractivity contribution in [1.29, 1.82) is 0 Å². The number of amides is 2. The predicted molar refractivity (Wildman–Crippen MR) is 109 cm³/mol. The van der Waals surface area contributed by atoms with Crippen LogP contribution in [0.15, 0.2) is 36.4 Å². The van der Waals surface area contributed by atoms with Gasteiger partial charge in [0.2, 0.25) is 11.8 Å². The van der Waals surface area contributed by atoms with Crippen LogP contribution in [0, 0.1) is 6.92 Å². The second-order valence-corrected chi connectivity index (χ2v) is 6.75. The maximum Gasteiger partial charge on any atom is 0.244 e. The van der Waals surface area contributed by atoms with Crippen LogP contribution in [0.5, 0.6) is 5.75 Å². The molecule has 6 nitrogen and oxygen atoms in total. The molecule has 27 heavy (non-hydrogen) atoms. The van der Waals surface area contributed by atoms with E-state index >= 15 is 0 Å². The average Bonchev–Trinajstić information content (AvgIpc) is 2.63. The largest absolute Gasteiger partial charge is 0.495 e. The summed E-state index contributed by atoms with van der Waals surface area (Å²) in [7, 11) is 3.08. The molecule has 8 heteroatoms. The molecule has 0 saturated carbocycles. The monoisotopic (exact) mass is 409 g/mol. The van der Waals surface area contributed by atoms with E-state index < -0.39 is 0 Å². The number of nitrogens with zero attached hydrogens (tertiary/aromatic N) is 1. The van der Waals surface area contributed by atoms with E-state index in [0.717, 1.165) is 5.56 Å². The fourth-order valence-electron chi connectivity index (χ4n) is 2.33. The van der Waals surface area contributed by atoms with Crippen LogP contribution in [0.3, 0.4) is 0 Å². The Labute approximate surface area is 168 Å². The summed E-state index contributed by atoms with van der Waals surface area (Å²) >= 11 is 12.1. The maximum absolute atomic E-state index is 12.3. The number of aryl methyl sites for hydroxylation is 1. The SMILES string of the molecule is COc1cc(Cl)c(C)cc1NCC(=O)N(C)CC(=O)Nc1ccccc1Cl. The number of benzene rings is 2. The van der Waals surface area contributed by atoms with Gasteiger partial charge in [0.15, 0.2) is 0 Å². The Bertz CT molecular complexity index is 843. The second-order valence-electron chi connectivity index (χ2n) is 5.93. The molecule has 0 radical (unpaired) electrons. The van der Waals surface area contributed by atoms with Crippen molar-refractivity contribution in [2.24, 2.45) is 0 Å². The minimum Gasteiger partial charge on any atom is -0.495 e. The molecule has 0 saturated heterocycles. The number of carbonyl (C=O) groups excluding carboxylic acids is 2. The third-order valence-corrected chi connectivity index (χ3v) is 4.60. The molecule has 0 unspecified atom stereocenters. The van der Waals surface area contributed by atoms with Gasteiger partial charge in [-0.05, 0) is 30.7 Å². The number of hydrogen-bond donors (Lipinski definition) is 2. The van der Waals surface area contributed by atoms with Crippen LogP contribution < -0.4 is 15.4 Å². The minimum absolute atomic E-state index is 0.00725. The zero-order valence-electron chi connectivity index (χ0n) is 15.3. The van der Waals surface area contributed by atoms with E-state index in [-0.39, 0.29) is 24.9 Å². The molecule has 0 spiro atoms. The molecule has 0 aliphatic rings. The van der Waals surface area contributed by atoms with Crippen molar-refractivity contribution in [3.8, 4) is 5.75 Å². The van der Waals surface area contributed by atoms with Gasteiger partial charge in [-0.1, -0.05) is 35.3 Å². The Hall–Kier alpha value is -2.44. The molecule has 0 aliphatic carbocycles. The highest BCUT2D eigenvalue weighted by Crippen LogP contribution is 2.30. The molecule has 2 rings (SSSR count). The van der Waals surface area contributed by atoms with Gasteiger partial charge in [0.1, 0.15) is 5.75 Å². The molecule has 0 atom stereocenters. The van der Waals surface area contributed by atoms with Gasteiger partial charge in [0.25, 0.3) is 0 Å². The van der Waals surface area contributed by atoms with Gasteiger partial charge in [-0.3, -0.25) is 9.59 Å². The summed E-state index contributed by atoms with van der Waals surface area (Å²) in [6.07, 6.45) is 0. The van der Waals surface area contributed by atoms with Gasteiger partial charge in [0, 0.05) is 18.1 Å². The molecule has 0 heterocycles. The van der Waals surface area contributed by atoms with Crippen molar-refractivity contribution in [3.05, 3.63) is 52.0 Å². The molecular formula is C19H21Cl2N3O3. The van der Waals surface area contributed by atoms with Crippen molar-refractivity contribution in [2.75, 3.05) is 37.9 Å². The Kier molecular flexibility index (Phi) is 7.33. The molecule has 0 bridgehead atoms. The van der Waals surface area contributed by atoms with Crippen LogP contribution in [0.4, 0.5) is 11.4 Å². The van der Waals surface area contributed by atoms with Crippen molar-refractivity contribution in [3.63, 3.8) is 0 Å². The molecule has 0 fully saturated rings. The number of carbonyl (C=O) groups is 2. The van der Waals surface area contributed by atoms with Crippen molar-refractivity contribution in [1.82, 2.24) is 4.90 Å². The summed E-state index contributed by atoms with van der Waals surface area (Å²) in [6.45, 7) is 1.77. The lowest BCUT2D eigenvalue weighted by Crippen LogP contribution is -2.38. The first-order valence-electron chi connectivity index (χ1n) is 8.18. The fraction of sp³-hybridized carbons (Fsp3) is 0.263. The number of nitrogens with one attached hydrogen (secondary N) is 2. The van der Waals surface area contributed by atoms with Gasteiger partial charge in [-0.25, -0.2) is 0 Å². The van der Waals surface area contributed by atoms with Crippen LogP contribution in [0.25, 0.3) is 0 Å². The number of anilines is 2. The Morgan fingerprint density at radius 2 is 1.81 bits per heavy atom. The van der Waals surface area contributed by atoms with E-state index in [2.05, 4.69) is 10.6 Å². The van der Waals surface area contributed by atoms with Gasteiger partial charge in [-0.2, -0.15) is 0 Å². The molecule has 2 amide bonds. The smallest absolute Gasteiger partial charge is 0.244 e. The van der Waals surface area contributed by atoms with Crippen LogP contribution in [0.2, 0.25) is 10.0 Å². The molecule has 2 aromatic rings. The molecule has 0 aromatic heterocycles. The van der Waals surface area contributed by atoms with E-state index in [1.54, 1.807) is 43.4 Å². The number of likely N-dealkylation sites (N-methyl/N-ethyl adjacent to an activating group) is 1. The first-order chi connectivity index (χ1) is 12.8. The maximum atomic E-state index is 12.3. The summed E-state index contributed by atoms with van der Waals surface area (Å²) < 4.78 is 5.27. The lowest BCUT2D eigenvalue weighted by molar-refractivity contribution is -0.131. The van der Waals surface area contributed by atoms with Crippen LogP contribution in [-0.2, 0) is 9.59 Å². The van der Waals surface area contributed by atoms with E-state index in [9.17, 15) is 9.59 Å². The Morgan fingerprint density at radius 3 is 2.48 bits per heavy atom. The predicted octanol–water partition coefficient (Wildman–Crippen LogP) is 3.82. The van der Waals surface area contributed by atoms with E-state index in [0.29, 0.717) is 27.2 Å². The highest BCUT2D eigenvalue weighted by Gasteiger charge is 2.15. The number of para-hydroxylation sites is 1. The second kappa shape index (κ2) is 9.48.